The fourth-order valence-corrected chi connectivity index (χ4v) is 1.83. The summed E-state index contributed by atoms with van der Waals surface area (Å²) in [5, 5.41) is 19.9. The minimum atomic E-state index is -0.455. The van der Waals surface area contributed by atoms with Crippen molar-refractivity contribution in [2.24, 2.45) is 0 Å². The van der Waals surface area contributed by atoms with Crippen LogP contribution in [-0.2, 0) is 0 Å². The summed E-state index contributed by atoms with van der Waals surface area (Å²) in [5.41, 5.74) is 0.743. The Morgan fingerprint density at radius 1 is 1.24 bits per heavy atom. The van der Waals surface area contributed by atoms with E-state index in [0.717, 1.165) is 13.0 Å². The summed E-state index contributed by atoms with van der Waals surface area (Å²) in [6.07, 6.45) is 1.03. The van der Waals surface area contributed by atoms with Gasteiger partial charge in [-0.05, 0) is 32.0 Å². The van der Waals surface area contributed by atoms with Crippen LogP contribution in [0, 0.1) is 10.1 Å². The summed E-state index contributed by atoms with van der Waals surface area (Å²) in [5.74, 6) is -0.237. The Morgan fingerprint density at radius 3 is 2.62 bits per heavy atom. The summed E-state index contributed by atoms with van der Waals surface area (Å²) < 4.78 is 0. The Kier molecular flexibility index (Phi) is 7.17. The fraction of sp³-hybridized carbons (Fsp3) is 0.500. The molecule has 0 aromatic heterocycles. The third-order valence-electron chi connectivity index (χ3n) is 2.84. The molecule has 0 radical (unpaired) electrons. The van der Waals surface area contributed by atoms with Gasteiger partial charge in [0, 0.05) is 31.3 Å². The molecule has 1 amide bonds. The van der Waals surface area contributed by atoms with Gasteiger partial charge in [0.2, 0.25) is 0 Å². The molecule has 3 N–H and O–H groups in total. The Bertz CT molecular complexity index is 491. The quantitative estimate of drug-likeness (QED) is 0.366. The first kappa shape index (κ1) is 16.9. The molecule has 21 heavy (non-hydrogen) atoms. The van der Waals surface area contributed by atoms with Gasteiger partial charge in [-0.15, -0.1) is 0 Å². The third kappa shape index (κ3) is 5.39. The molecule has 1 aromatic rings. The highest BCUT2D eigenvalue weighted by Gasteiger charge is 2.16. The topological polar surface area (TPSA) is 96.3 Å². The number of carbonyl (C=O) groups is 1. The highest BCUT2D eigenvalue weighted by Crippen LogP contribution is 2.25. The van der Waals surface area contributed by atoms with Crippen molar-refractivity contribution in [3.63, 3.8) is 0 Å². The van der Waals surface area contributed by atoms with Gasteiger partial charge < -0.3 is 16.0 Å². The van der Waals surface area contributed by atoms with E-state index in [0.29, 0.717) is 30.9 Å². The lowest BCUT2D eigenvalue weighted by Gasteiger charge is -2.10. The first-order chi connectivity index (χ1) is 10.1. The average molecular weight is 294 g/mol. The second-order valence-corrected chi connectivity index (χ2v) is 4.53. The highest BCUT2D eigenvalue weighted by molar-refractivity contribution is 5.95. The molecule has 0 spiro atoms. The molecule has 116 valence electrons. The first-order valence-electron chi connectivity index (χ1n) is 7.11. The van der Waals surface area contributed by atoms with Crippen LogP contribution in [0.5, 0.6) is 0 Å². The second kappa shape index (κ2) is 8.91. The van der Waals surface area contributed by atoms with Gasteiger partial charge in [-0.25, -0.2) is 0 Å². The predicted molar refractivity (Wildman–Crippen MR) is 82.8 cm³/mol. The fourth-order valence-electron chi connectivity index (χ4n) is 1.83. The Hall–Kier alpha value is -2.15. The molecule has 7 heteroatoms. The predicted octanol–water partition coefficient (Wildman–Crippen LogP) is 1.76. The zero-order valence-corrected chi connectivity index (χ0v) is 12.4. The smallest absolute Gasteiger partial charge is 0.292 e. The zero-order chi connectivity index (χ0) is 15.7. The normalized spacial score (nSPS) is 10.2. The van der Waals surface area contributed by atoms with Crippen molar-refractivity contribution < 1.29 is 9.72 Å². The second-order valence-electron chi connectivity index (χ2n) is 4.53. The van der Waals surface area contributed by atoms with Gasteiger partial charge in [0.25, 0.3) is 11.6 Å². The number of benzene rings is 1. The highest BCUT2D eigenvalue weighted by atomic mass is 16.6. The number of nitro benzene ring substituents is 1. The zero-order valence-electron chi connectivity index (χ0n) is 12.4. The van der Waals surface area contributed by atoms with Crippen LogP contribution >= 0.6 is 0 Å². The van der Waals surface area contributed by atoms with Crippen molar-refractivity contribution in [2.45, 2.75) is 20.3 Å². The number of hydrogen-bond donors (Lipinski definition) is 3. The standard InChI is InChI=1S/C14H22N4O3/c1-3-7-15-8-9-17-12-10-11(14(19)16-4-2)5-6-13(12)18(20)21/h5-6,10,15,17H,3-4,7-9H2,1-2H3,(H,16,19). The Morgan fingerprint density at radius 2 is 2.00 bits per heavy atom. The summed E-state index contributed by atoms with van der Waals surface area (Å²) in [7, 11) is 0. The molecule has 0 aliphatic heterocycles. The molecule has 7 nitrogen and oxygen atoms in total. The van der Waals surface area contributed by atoms with E-state index in [9.17, 15) is 14.9 Å². The maximum Gasteiger partial charge on any atom is 0.292 e. The van der Waals surface area contributed by atoms with E-state index < -0.39 is 4.92 Å². The number of anilines is 1. The van der Waals surface area contributed by atoms with E-state index in [1.807, 2.05) is 6.92 Å². The molecule has 0 heterocycles. The number of rotatable bonds is 9. The molecule has 0 bridgehead atoms. The van der Waals surface area contributed by atoms with Gasteiger partial charge in [0.15, 0.2) is 0 Å². The number of amides is 1. The third-order valence-corrected chi connectivity index (χ3v) is 2.84. The summed E-state index contributed by atoms with van der Waals surface area (Å²) in [6.45, 7) is 6.57. The molecule has 0 atom stereocenters. The number of nitrogens with zero attached hydrogens (tertiary/aromatic N) is 1. The first-order valence-corrected chi connectivity index (χ1v) is 7.11. The van der Waals surface area contributed by atoms with Crippen LogP contribution < -0.4 is 16.0 Å². The molecule has 1 aromatic carbocycles. The van der Waals surface area contributed by atoms with Gasteiger partial charge in [-0.2, -0.15) is 0 Å². The van der Waals surface area contributed by atoms with Gasteiger partial charge in [0.1, 0.15) is 5.69 Å². The van der Waals surface area contributed by atoms with Crippen molar-refractivity contribution in [2.75, 3.05) is 31.5 Å². The summed E-state index contributed by atoms with van der Waals surface area (Å²) in [6, 6.07) is 4.33. The molecule has 0 saturated carbocycles. The van der Waals surface area contributed by atoms with Gasteiger partial charge >= 0.3 is 0 Å². The van der Waals surface area contributed by atoms with E-state index in [-0.39, 0.29) is 11.6 Å². The SMILES string of the molecule is CCCNCCNc1cc(C(=O)NCC)ccc1[N+](=O)[O-]. The molecule has 0 unspecified atom stereocenters. The van der Waals surface area contributed by atoms with Gasteiger partial charge in [-0.1, -0.05) is 6.92 Å². The van der Waals surface area contributed by atoms with Crippen molar-refractivity contribution in [1.82, 2.24) is 10.6 Å². The Balaban J connectivity index is 2.79. The van der Waals surface area contributed by atoms with Crippen LogP contribution in [-0.4, -0.2) is 37.0 Å². The number of hydrogen-bond acceptors (Lipinski definition) is 5. The molecule has 0 aliphatic rings. The largest absolute Gasteiger partial charge is 0.378 e. The van der Waals surface area contributed by atoms with E-state index in [4.69, 9.17) is 0 Å². The Labute approximate surface area is 124 Å². The molecular formula is C14H22N4O3. The lowest BCUT2D eigenvalue weighted by Crippen LogP contribution is -2.24. The lowest BCUT2D eigenvalue weighted by atomic mass is 10.1. The van der Waals surface area contributed by atoms with Crippen molar-refractivity contribution in [3.8, 4) is 0 Å². The number of carbonyl (C=O) groups excluding carboxylic acids is 1. The van der Waals surface area contributed by atoms with Crippen LogP contribution in [0.2, 0.25) is 0 Å². The average Bonchev–Trinajstić information content (AvgIpc) is 2.47. The van der Waals surface area contributed by atoms with Crippen molar-refractivity contribution in [1.29, 1.82) is 0 Å². The van der Waals surface area contributed by atoms with E-state index in [1.54, 1.807) is 0 Å². The maximum absolute atomic E-state index is 11.8. The van der Waals surface area contributed by atoms with Crippen molar-refractivity contribution in [3.05, 3.63) is 33.9 Å². The molecular weight excluding hydrogens is 272 g/mol. The molecule has 0 aliphatic carbocycles. The van der Waals surface area contributed by atoms with Crippen LogP contribution in [0.1, 0.15) is 30.6 Å². The van der Waals surface area contributed by atoms with Gasteiger partial charge in [0.05, 0.1) is 4.92 Å². The summed E-state index contributed by atoms with van der Waals surface area (Å²) >= 11 is 0. The van der Waals surface area contributed by atoms with Crippen LogP contribution in [0.25, 0.3) is 0 Å². The number of nitro groups is 1. The minimum Gasteiger partial charge on any atom is -0.378 e. The van der Waals surface area contributed by atoms with Crippen molar-refractivity contribution >= 4 is 17.3 Å². The number of nitrogens with one attached hydrogen (secondary N) is 3. The molecule has 0 fully saturated rings. The van der Waals surface area contributed by atoms with Crippen LogP contribution in [0.4, 0.5) is 11.4 Å². The monoisotopic (exact) mass is 294 g/mol. The molecule has 1 rings (SSSR count). The van der Waals surface area contributed by atoms with Crippen LogP contribution in [0.3, 0.4) is 0 Å². The minimum absolute atomic E-state index is 0.0291. The lowest BCUT2D eigenvalue weighted by molar-refractivity contribution is -0.384. The van der Waals surface area contributed by atoms with E-state index >= 15 is 0 Å². The van der Waals surface area contributed by atoms with Crippen LogP contribution in [0.15, 0.2) is 18.2 Å². The van der Waals surface area contributed by atoms with Gasteiger partial charge in [-0.3, -0.25) is 14.9 Å². The maximum atomic E-state index is 11.8. The van der Waals surface area contributed by atoms with E-state index in [2.05, 4.69) is 22.9 Å². The summed E-state index contributed by atoms with van der Waals surface area (Å²) in [4.78, 5) is 22.3. The molecule has 0 saturated heterocycles. The van der Waals surface area contributed by atoms with E-state index in [1.165, 1.54) is 18.2 Å².